The zero-order valence-electron chi connectivity index (χ0n) is 16.1. The first-order chi connectivity index (χ1) is 13.1. The molecule has 0 radical (unpaired) electrons. The number of unbranched alkanes of at least 4 members (excludes halogenated alkanes) is 5. The second-order valence-corrected chi connectivity index (χ2v) is 6.53. The lowest BCUT2D eigenvalue weighted by molar-refractivity contribution is 0.275. The van der Waals surface area contributed by atoms with Crippen molar-refractivity contribution in [3.05, 3.63) is 42.3 Å². The molecule has 0 saturated carbocycles. The lowest BCUT2D eigenvalue weighted by atomic mass is 10.1. The van der Waals surface area contributed by atoms with Crippen LogP contribution in [0.3, 0.4) is 0 Å². The molecule has 2 aromatic rings. The minimum Gasteiger partial charge on any atom is -0.493 e. The molecule has 0 saturated heterocycles. The van der Waals surface area contributed by atoms with Gasteiger partial charge in [0.25, 0.3) is 0 Å². The third kappa shape index (κ3) is 6.90. The predicted octanol–water partition coefficient (Wildman–Crippen LogP) is 5.92. The SMILES string of the molecule is CCCCCCCCOc1ccc(-c2ccc(OC(C)C#N)cn2)c(F)c1. The molecule has 1 unspecified atom stereocenters. The van der Waals surface area contributed by atoms with Gasteiger partial charge in [0.05, 0.1) is 18.5 Å². The van der Waals surface area contributed by atoms with E-state index in [0.29, 0.717) is 29.4 Å². The highest BCUT2D eigenvalue weighted by Crippen LogP contribution is 2.26. The molecule has 27 heavy (non-hydrogen) atoms. The highest BCUT2D eigenvalue weighted by Gasteiger charge is 2.09. The van der Waals surface area contributed by atoms with Gasteiger partial charge in [-0.1, -0.05) is 39.0 Å². The van der Waals surface area contributed by atoms with Gasteiger partial charge < -0.3 is 9.47 Å². The van der Waals surface area contributed by atoms with Crippen LogP contribution >= 0.6 is 0 Å². The minimum atomic E-state index is -0.558. The Bertz CT molecular complexity index is 741. The van der Waals surface area contributed by atoms with Crippen LogP contribution in [0.1, 0.15) is 52.4 Å². The van der Waals surface area contributed by atoms with Crippen molar-refractivity contribution >= 4 is 0 Å². The molecule has 0 aliphatic heterocycles. The van der Waals surface area contributed by atoms with Gasteiger partial charge in [-0.25, -0.2) is 4.39 Å². The van der Waals surface area contributed by atoms with E-state index in [2.05, 4.69) is 11.9 Å². The summed E-state index contributed by atoms with van der Waals surface area (Å²) in [4.78, 5) is 4.22. The summed E-state index contributed by atoms with van der Waals surface area (Å²) in [7, 11) is 0. The standard InChI is InChI=1S/C22H27FN2O2/c1-3-4-5-6-7-8-13-26-18-9-11-20(21(23)14-18)22-12-10-19(16-25-22)27-17(2)15-24/h9-12,14,16-17H,3-8,13H2,1-2H3. The monoisotopic (exact) mass is 370 g/mol. The fourth-order valence-electron chi connectivity index (χ4n) is 2.71. The summed E-state index contributed by atoms with van der Waals surface area (Å²) in [6, 6.07) is 10.2. The number of ether oxygens (including phenoxy) is 2. The summed E-state index contributed by atoms with van der Waals surface area (Å²) < 4.78 is 25.4. The summed E-state index contributed by atoms with van der Waals surface area (Å²) in [6.45, 7) is 4.46. The highest BCUT2D eigenvalue weighted by atomic mass is 19.1. The number of halogens is 1. The van der Waals surface area contributed by atoms with E-state index < -0.39 is 6.10 Å². The van der Waals surface area contributed by atoms with Crippen LogP contribution in [-0.2, 0) is 0 Å². The molecule has 1 atom stereocenters. The number of pyridine rings is 1. The number of aromatic nitrogens is 1. The van der Waals surface area contributed by atoms with Gasteiger partial charge >= 0.3 is 0 Å². The first-order valence-electron chi connectivity index (χ1n) is 9.59. The van der Waals surface area contributed by atoms with E-state index in [1.54, 1.807) is 31.2 Å². The van der Waals surface area contributed by atoms with Gasteiger partial charge in [-0.15, -0.1) is 0 Å². The Morgan fingerprint density at radius 3 is 2.48 bits per heavy atom. The average molecular weight is 370 g/mol. The highest BCUT2D eigenvalue weighted by molar-refractivity contribution is 5.61. The largest absolute Gasteiger partial charge is 0.493 e. The van der Waals surface area contributed by atoms with Crippen molar-refractivity contribution in [1.82, 2.24) is 4.98 Å². The predicted molar refractivity (Wildman–Crippen MR) is 104 cm³/mol. The zero-order chi connectivity index (χ0) is 19.5. The quantitative estimate of drug-likeness (QED) is 0.461. The van der Waals surface area contributed by atoms with Crippen molar-refractivity contribution < 1.29 is 13.9 Å². The number of hydrogen-bond donors (Lipinski definition) is 0. The van der Waals surface area contributed by atoms with E-state index in [-0.39, 0.29) is 5.82 Å². The molecule has 144 valence electrons. The molecule has 5 heteroatoms. The number of nitrogens with zero attached hydrogens (tertiary/aromatic N) is 2. The normalized spacial score (nSPS) is 11.6. The Kier molecular flexibility index (Phi) is 8.57. The molecule has 0 amide bonds. The summed E-state index contributed by atoms with van der Waals surface area (Å²) >= 11 is 0. The molecule has 0 bridgehead atoms. The van der Waals surface area contributed by atoms with Gasteiger partial charge in [-0.05, 0) is 37.6 Å². The molecule has 0 fully saturated rings. The smallest absolute Gasteiger partial charge is 0.181 e. The first kappa shape index (κ1) is 20.7. The van der Waals surface area contributed by atoms with Crippen LogP contribution in [0.25, 0.3) is 11.3 Å². The van der Waals surface area contributed by atoms with E-state index in [1.807, 2.05) is 6.07 Å². The molecule has 1 heterocycles. The fraction of sp³-hybridized carbons (Fsp3) is 0.455. The Morgan fingerprint density at radius 1 is 1.07 bits per heavy atom. The van der Waals surface area contributed by atoms with Gasteiger partial charge in [0, 0.05) is 11.6 Å². The van der Waals surface area contributed by atoms with Crippen molar-refractivity contribution in [2.75, 3.05) is 6.61 Å². The van der Waals surface area contributed by atoms with Crippen LogP contribution in [0.4, 0.5) is 4.39 Å². The molecular formula is C22H27FN2O2. The van der Waals surface area contributed by atoms with Crippen LogP contribution < -0.4 is 9.47 Å². The number of hydrogen-bond acceptors (Lipinski definition) is 4. The summed E-state index contributed by atoms with van der Waals surface area (Å²) in [5, 5.41) is 8.76. The van der Waals surface area contributed by atoms with Crippen molar-refractivity contribution in [3.8, 4) is 28.8 Å². The Labute approximate surface area is 161 Å². The molecule has 4 nitrogen and oxygen atoms in total. The second-order valence-electron chi connectivity index (χ2n) is 6.53. The lowest BCUT2D eigenvalue weighted by Crippen LogP contribution is -2.08. The van der Waals surface area contributed by atoms with E-state index in [4.69, 9.17) is 14.7 Å². The summed E-state index contributed by atoms with van der Waals surface area (Å²) in [5.41, 5.74) is 0.911. The van der Waals surface area contributed by atoms with Crippen LogP contribution in [0.5, 0.6) is 11.5 Å². The van der Waals surface area contributed by atoms with Gasteiger partial charge in [-0.2, -0.15) is 5.26 Å². The third-order valence-electron chi connectivity index (χ3n) is 4.21. The first-order valence-corrected chi connectivity index (χ1v) is 9.59. The van der Waals surface area contributed by atoms with Crippen molar-refractivity contribution in [2.24, 2.45) is 0 Å². The maximum Gasteiger partial charge on any atom is 0.181 e. The van der Waals surface area contributed by atoms with Crippen molar-refractivity contribution in [2.45, 2.75) is 58.5 Å². The van der Waals surface area contributed by atoms with E-state index in [0.717, 1.165) is 12.8 Å². The summed E-state index contributed by atoms with van der Waals surface area (Å²) in [5.74, 6) is 0.640. The molecule has 0 aliphatic rings. The molecule has 2 rings (SSSR count). The van der Waals surface area contributed by atoms with Crippen molar-refractivity contribution in [3.63, 3.8) is 0 Å². The number of benzene rings is 1. The average Bonchev–Trinajstić information content (AvgIpc) is 2.68. The number of nitriles is 1. The van der Waals surface area contributed by atoms with Gasteiger partial charge in [0.2, 0.25) is 0 Å². The minimum absolute atomic E-state index is 0.373. The maximum absolute atomic E-state index is 14.4. The lowest BCUT2D eigenvalue weighted by Gasteiger charge is -2.10. The van der Waals surface area contributed by atoms with Crippen LogP contribution in [0, 0.1) is 17.1 Å². The van der Waals surface area contributed by atoms with E-state index in [1.165, 1.54) is 37.9 Å². The second kappa shape index (κ2) is 11.2. The van der Waals surface area contributed by atoms with Gasteiger partial charge in [0.1, 0.15) is 23.4 Å². The molecule has 0 spiro atoms. The van der Waals surface area contributed by atoms with E-state index >= 15 is 0 Å². The zero-order valence-corrected chi connectivity index (χ0v) is 16.1. The Morgan fingerprint density at radius 2 is 1.81 bits per heavy atom. The summed E-state index contributed by atoms with van der Waals surface area (Å²) in [6.07, 6.45) is 8.08. The Balaban J connectivity index is 1.88. The number of rotatable bonds is 11. The maximum atomic E-state index is 14.4. The Hall–Kier alpha value is -2.61. The van der Waals surface area contributed by atoms with E-state index in [9.17, 15) is 4.39 Å². The fourth-order valence-corrected chi connectivity index (χ4v) is 2.71. The molecule has 0 N–H and O–H groups in total. The van der Waals surface area contributed by atoms with Gasteiger partial charge in [-0.3, -0.25) is 4.98 Å². The molecular weight excluding hydrogens is 343 g/mol. The molecule has 1 aromatic carbocycles. The van der Waals surface area contributed by atoms with Crippen LogP contribution in [-0.4, -0.2) is 17.7 Å². The molecule has 0 aliphatic carbocycles. The van der Waals surface area contributed by atoms with Crippen molar-refractivity contribution in [1.29, 1.82) is 5.26 Å². The molecule has 1 aromatic heterocycles. The topological polar surface area (TPSA) is 55.1 Å². The third-order valence-corrected chi connectivity index (χ3v) is 4.21. The van der Waals surface area contributed by atoms with Gasteiger partial charge in [0.15, 0.2) is 6.10 Å². The van der Waals surface area contributed by atoms with Crippen LogP contribution in [0.2, 0.25) is 0 Å². The van der Waals surface area contributed by atoms with Crippen LogP contribution in [0.15, 0.2) is 36.5 Å².